The Morgan fingerprint density at radius 2 is 0.537 bits per heavy atom. The predicted molar refractivity (Wildman–Crippen MR) is 288 cm³/mol. The maximum Gasteiger partial charge on any atom is 0.306 e. The lowest BCUT2D eigenvalue weighted by molar-refractivity contribution is -0.167. The molecule has 0 saturated heterocycles. The van der Waals surface area contributed by atoms with E-state index in [0.29, 0.717) is 19.3 Å². The topological polar surface area (TPSA) is 78.9 Å². The van der Waals surface area contributed by atoms with Crippen molar-refractivity contribution in [1.29, 1.82) is 0 Å². The van der Waals surface area contributed by atoms with Gasteiger partial charge in [0, 0.05) is 19.3 Å². The van der Waals surface area contributed by atoms with E-state index in [1.165, 1.54) is 141 Å². The quantitative estimate of drug-likeness (QED) is 0.0262. The summed E-state index contributed by atoms with van der Waals surface area (Å²) in [5.74, 6) is -0.909. The monoisotopic (exact) mass is 935 g/mol. The average molecular weight is 936 g/mol. The van der Waals surface area contributed by atoms with Crippen LogP contribution in [-0.4, -0.2) is 37.2 Å². The van der Waals surface area contributed by atoms with Crippen LogP contribution in [0.4, 0.5) is 0 Å². The lowest BCUT2D eigenvalue weighted by atomic mass is 10.1. The van der Waals surface area contributed by atoms with Gasteiger partial charge in [-0.3, -0.25) is 14.4 Å². The molecule has 0 saturated carbocycles. The van der Waals surface area contributed by atoms with E-state index >= 15 is 0 Å². The average Bonchev–Trinajstić information content (AvgIpc) is 3.33. The molecule has 0 spiro atoms. The van der Waals surface area contributed by atoms with E-state index in [1.54, 1.807) is 0 Å². The van der Waals surface area contributed by atoms with E-state index in [1.807, 2.05) is 0 Å². The first-order valence-corrected chi connectivity index (χ1v) is 28.4. The lowest BCUT2D eigenvalue weighted by Gasteiger charge is -2.18. The Morgan fingerprint density at radius 3 is 0.881 bits per heavy atom. The van der Waals surface area contributed by atoms with Crippen LogP contribution in [0.1, 0.15) is 278 Å². The van der Waals surface area contributed by atoms with Crippen molar-refractivity contribution < 1.29 is 28.6 Å². The molecule has 67 heavy (non-hydrogen) atoms. The van der Waals surface area contributed by atoms with Crippen molar-refractivity contribution in [2.75, 3.05) is 13.2 Å². The Labute approximate surface area is 414 Å². The molecule has 0 aliphatic rings. The number of carbonyl (C=O) groups is 3. The lowest BCUT2D eigenvalue weighted by Crippen LogP contribution is -2.30. The van der Waals surface area contributed by atoms with Crippen LogP contribution in [-0.2, 0) is 28.6 Å². The van der Waals surface area contributed by atoms with Gasteiger partial charge in [0.1, 0.15) is 13.2 Å². The van der Waals surface area contributed by atoms with E-state index in [0.717, 1.165) is 96.3 Å². The van der Waals surface area contributed by atoms with Crippen LogP contribution in [0.3, 0.4) is 0 Å². The highest BCUT2D eigenvalue weighted by Crippen LogP contribution is 2.14. The third-order valence-corrected chi connectivity index (χ3v) is 12.2. The van der Waals surface area contributed by atoms with Crippen LogP contribution in [0, 0.1) is 0 Å². The molecule has 0 aromatic carbocycles. The number of carbonyl (C=O) groups excluding carboxylic acids is 3. The first-order chi connectivity index (χ1) is 33.0. The Bertz CT molecular complexity index is 1260. The summed E-state index contributed by atoms with van der Waals surface area (Å²) >= 11 is 0. The van der Waals surface area contributed by atoms with E-state index in [4.69, 9.17) is 14.2 Å². The van der Waals surface area contributed by atoms with Gasteiger partial charge in [0.15, 0.2) is 6.10 Å². The third-order valence-electron chi connectivity index (χ3n) is 12.2. The van der Waals surface area contributed by atoms with Crippen molar-refractivity contribution in [3.8, 4) is 0 Å². The van der Waals surface area contributed by atoms with Gasteiger partial charge in [-0.2, -0.15) is 0 Å². The normalized spacial score (nSPS) is 12.6. The number of allylic oxidation sites excluding steroid dienone is 12. The summed E-state index contributed by atoms with van der Waals surface area (Å²) in [5.41, 5.74) is 0. The first-order valence-electron chi connectivity index (χ1n) is 28.4. The number of hydrogen-bond donors (Lipinski definition) is 0. The van der Waals surface area contributed by atoms with Gasteiger partial charge in [-0.05, 0) is 116 Å². The van der Waals surface area contributed by atoms with Crippen molar-refractivity contribution in [2.24, 2.45) is 0 Å². The minimum atomic E-state index is -0.789. The molecule has 1 atom stereocenters. The Morgan fingerprint density at radius 1 is 0.299 bits per heavy atom. The van der Waals surface area contributed by atoms with E-state index in [2.05, 4.69) is 93.7 Å². The molecule has 0 heterocycles. The molecule has 386 valence electrons. The van der Waals surface area contributed by atoms with Crippen LogP contribution >= 0.6 is 0 Å². The zero-order valence-electron chi connectivity index (χ0n) is 44.2. The largest absolute Gasteiger partial charge is 0.462 e. The summed E-state index contributed by atoms with van der Waals surface area (Å²) in [6.45, 7) is 6.56. The van der Waals surface area contributed by atoms with Crippen LogP contribution in [0.15, 0.2) is 72.9 Å². The molecule has 0 radical (unpaired) electrons. The second-order valence-electron chi connectivity index (χ2n) is 18.8. The molecule has 0 aromatic rings. The second kappa shape index (κ2) is 55.4. The van der Waals surface area contributed by atoms with Gasteiger partial charge in [-0.25, -0.2) is 0 Å². The molecule has 0 N–H and O–H groups in total. The number of hydrogen-bond acceptors (Lipinski definition) is 6. The summed E-state index contributed by atoms with van der Waals surface area (Å²) < 4.78 is 16.8. The minimum absolute atomic E-state index is 0.0870. The summed E-state index contributed by atoms with van der Waals surface area (Å²) in [6, 6.07) is 0. The van der Waals surface area contributed by atoms with Crippen molar-refractivity contribution in [3.05, 3.63) is 72.9 Å². The summed E-state index contributed by atoms with van der Waals surface area (Å²) in [5, 5.41) is 0. The second-order valence-corrected chi connectivity index (χ2v) is 18.8. The zero-order valence-corrected chi connectivity index (χ0v) is 44.2. The summed E-state index contributed by atoms with van der Waals surface area (Å²) in [4.78, 5) is 38.1. The fraction of sp³-hybridized carbons (Fsp3) is 0.754. The highest BCUT2D eigenvalue weighted by molar-refractivity contribution is 5.71. The van der Waals surface area contributed by atoms with Crippen LogP contribution < -0.4 is 0 Å². The first kappa shape index (κ1) is 63.8. The van der Waals surface area contributed by atoms with Gasteiger partial charge in [0.2, 0.25) is 0 Å². The van der Waals surface area contributed by atoms with E-state index < -0.39 is 6.10 Å². The smallest absolute Gasteiger partial charge is 0.306 e. The van der Waals surface area contributed by atoms with Crippen molar-refractivity contribution in [2.45, 2.75) is 284 Å². The number of esters is 3. The molecule has 0 amide bonds. The maximum atomic E-state index is 12.8. The molecule has 0 bridgehead atoms. The van der Waals surface area contributed by atoms with Crippen LogP contribution in [0.25, 0.3) is 0 Å². The van der Waals surface area contributed by atoms with Crippen molar-refractivity contribution in [3.63, 3.8) is 0 Å². The molecule has 0 aliphatic heterocycles. The van der Waals surface area contributed by atoms with Crippen LogP contribution in [0.2, 0.25) is 0 Å². The Hall–Kier alpha value is -3.15. The molecular weight excluding hydrogens is 829 g/mol. The van der Waals surface area contributed by atoms with Gasteiger partial charge in [0.05, 0.1) is 0 Å². The number of ether oxygens (including phenoxy) is 3. The molecule has 0 rings (SSSR count). The SMILES string of the molecule is CCCCC/C=C\C/C=C\C/C=C\CCCCCCCCC(=O)OCC(COC(=O)CCCCCCC/C=C\CCCCCC)OC(=O)CCCCCCCCC/C=C\C/C=C\CCCCC. The van der Waals surface area contributed by atoms with Gasteiger partial charge in [0.25, 0.3) is 0 Å². The molecule has 0 fully saturated rings. The molecule has 0 aliphatic carbocycles. The van der Waals surface area contributed by atoms with Gasteiger partial charge in [-0.1, -0.05) is 216 Å². The molecular formula is C61H106O6. The van der Waals surface area contributed by atoms with Gasteiger partial charge >= 0.3 is 17.9 Å². The summed E-state index contributed by atoms with van der Waals surface area (Å²) in [7, 11) is 0. The maximum absolute atomic E-state index is 12.8. The Kier molecular flexibility index (Phi) is 52.8. The number of rotatable bonds is 51. The third kappa shape index (κ3) is 53.7. The van der Waals surface area contributed by atoms with Crippen molar-refractivity contribution >= 4 is 17.9 Å². The number of unbranched alkanes of at least 4 members (excludes halogenated alkanes) is 28. The highest BCUT2D eigenvalue weighted by Gasteiger charge is 2.19. The molecule has 6 heteroatoms. The standard InChI is InChI=1S/C61H106O6/c1-4-7-10-13-16-19-22-25-27-29-30-32-33-36-39-42-45-48-51-54-60(63)66-57-58(56-65-59(62)53-50-47-44-41-38-35-24-21-18-15-12-9-6-3)67-61(64)55-52-49-46-43-40-37-34-31-28-26-23-20-17-14-11-8-5-2/h16-17,19-21,24-28,30,32,58H,4-15,18,22-23,29,31,33-57H2,1-3H3/b19-16-,20-17-,24-21-,27-25-,28-26-,32-30-. The fourth-order valence-corrected chi connectivity index (χ4v) is 7.83. The zero-order chi connectivity index (χ0) is 48.6. The summed E-state index contributed by atoms with van der Waals surface area (Å²) in [6.07, 6.45) is 70.2. The van der Waals surface area contributed by atoms with Gasteiger partial charge in [-0.15, -0.1) is 0 Å². The highest BCUT2D eigenvalue weighted by atomic mass is 16.6. The molecule has 1 unspecified atom stereocenters. The predicted octanol–water partition coefficient (Wildman–Crippen LogP) is 19.0. The van der Waals surface area contributed by atoms with Crippen LogP contribution in [0.5, 0.6) is 0 Å². The minimum Gasteiger partial charge on any atom is -0.462 e. The van der Waals surface area contributed by atoms with E-state index in [-0.39, 0.29) is 31.1 Å². The Balaban J connectivity index is 4.41. The molecule has 0 aromatic heterocycles. The fourth-order valence-electron chi connectivity index (χ4n) is 7.83. The molecule has 6 nitrogen and oxygen atoms in total. The van der Waals surface area contributed by atoms with Crippen molar-refractivity contribution in [1.82, 2.24) is 0 Å². The van der Waals surface area contributed by atoms with Gasteiger partial charge < -0.3 is 14.2 Å². The van der Waals surface area contributed by atoms with E-state index in [9.17, 15) is 14.4 Å².